The number of fused-ring (bicyclic) bond motifs is 1. The SMILES string of the molecule is CN=C(NCc1ccc2c(c1)OCO2)NCc1cc(Cl)ccc1OC(F)F.I. The smallest absolute Gasteiger partial charge is 0.387 e. The van der Waals surface area contributed by atoms with E-state index in [0.29, 0.717) is 34.6 Å². The molecule has 152 valence electrons. The molecule has 0 unspecified atom stereocenters. The maximum Gasteiger partial charge on any atom is 0.387 e. The number of nitrogens with zero attached hydrogens (tertiary/aromatic N) is 1. The average Bonchev–Trinajstić information content (AvgIpc) is 3.11. The maximum atomic E-state index is 12.5. The fraction of sp³-hybridized carbons (Fsp3) is 0.278. The van der Waals surface area contributed by atoms with Crippen LogP contribution in [0.2, 0.25) is 5.02 Å². The van der Waals surface area contributed by atoms with E-state index >= 15 is 0 Å². The van der Waals surface area contributed by atoms with Crippen molar-refractivity contribution in [3.63, 3.8) is 0 Å². The Balaban J connectivity index is 0.00000280. The third-order valence-corrected chi connectivity index (χ3v) is 4.04. The predicted molar refractivity (Wildman–Crippen MR) is 113 cm³/mol. The molecular formula is C18H19ClF2IN3O3. The summed E-state index contributed by atoms with van der Waals surface area (Å²) in [6.07, 6.45) is 0. The molecule has 28 heavy (non-hydrogen) atoms. The highest BCUT2D eigenvalue weighted by atomic mass is 127. The highest BCUT2D eigenvalue weighted by molar-refractivity contribution is 14.0. The predicted octanol–water partition coefficient (Wildman–Crippen LogP) is 4.15. The van der Waals surface area contributed by atoms with Crippen molar-refractivity contribution in [3.05, 3.63) is 52.5 Å². The van der Waals surface area contributed by atoms with Gasteiger partial charge >= 0.3 is 6.61 Å². The molecule has 1 aliphatic heterocycles. The molecule has 3 rings (SSSR count). The summed E-state index contributed by atoms with van der Waals surface area (Å²) in [4.78, 5) is 4.12. The third kappa shape index (κ3) is 5.99. The molecule has 0 saturated carbocycles. The van der Waals surface area contributed by atoms with Gasteiger partial charge in [0.1, 0.15) is 5.75 Å². The Hall–Kier alpha value is -2.01. The van der Waals surface area contributed by atoms with Crippen molar-refractivity contribution in [2.24, 2.45) is 4.99 Å². The maximum absolute atomic E-state index is 12.5. The first-order valence-electron chi connectivity index (χ1n) is 8.11. The van der Waals surface area contributed by atoms with Crippen molar-refractivity contribution in [2.45, 2.75) is 19.7 Å². The van der Waals surface area contributed by atoms with Crippen molar-refractivity contribution in [2.75, 3.05) is 13.8 Å². The number of aliphatic imine (C=N–C) groups is 1. The minimum atomic E-state index is -2.91. The molecule has 6 nitrogen and oxygen atoms in total. The second kappa shape index (κ2) is 10.5. The molecule has 0 aromatic heterocycles. The molecule has 0 bridgehead atoms. The number of hydrogen-bond donors (Lipinski definition) is 2. The molecule has 0 amide bonds. The van der Waals surface area contributed by atoms with Crippen molar-refractivity contribution < 1.29 is 23.0 Å². The number of nitrogens with one attached hydrogen (secondary N) is 2. The van der Waals surface area contributed by atoms with Crippen LogP contribution in [-0.4, -0.2) is 26.4 Å². The molecule has 1 aliphatic rings. The number of alkyl halides is 2. The van der Waals surface area contributed by atoms with Crippen LogP contribution in [-0.2, 0) is 13.1 Å². The number of guanidine groups is 1. The molecule has 0 fully saturated rings. The highest BCUT2D eigenvalue weighted by Crippen LogP contribution is 2.32. The van der Waals surface area contributed by atoms with Gasteiger partial charge in [-0.25, -0.2) is 0 Å². The molecule has 2 N–H and O–H groups in total. The van der Waals surface area contributed by atoms with Gasteiger partial charge in [-0.2, -0.15) is 8.78 Å². The van der Waals surface area contributed by atoms with E-state index in [1.807, 2.05) is 18.2 Å². The summed E-state index contributed by atoms with van der Waals surface area (Å²) in [6, 6.07) is 10.1. The summed E-state index contributed by atoms with van der Waals surface area (Å²) in [7, 11) is 1.61. The summed E-state index contributed by atoms with van der Waals surface area (Å²) in [5.74, 6) is 1.97. The van der Waals surface area contributed by atoms with Crippen LogP contribution in [0, 0.1) is 0 Å². The van der Waals surface area contributed by atoms with Gasteiger partial charge in [0.15, 0.2) is 17.5 Å². The summed E-state index contributed by atoms with van der Waals surface area (Å²) < 4.78 is 40.2. The van der Waals surface area contributed by atoms with E-state index in [9.17, 15) is 8.78 Å². The Labute approximate surface area is 183 Å². The molecule has 2 aromatic rings. The fourth-order valence-corrected chi connectivity index (χ4v) is 2.73. The zero-order chi connectivity index (χ0) is 19.2. The second-order valence-electron chi connectivity index (χ2n) is 5.60. The van der Waals surface area contributed by atoms with Crippen LogP contribution >= 0.6 is 35.6 Å². The molecule has 0 saturated heterocycles. The summed E-state index contributed by atoms with van der Waals surface area (Å²) in [6.45, 7) is -1.98. The normalized spacial score (nSPS) is 12.5. The van der Waals surface area contributed by atoms with Gasteiger partial charge < -0.3 is 24.8 Å². The summed E-state index contributed by atoms with van der Waals surface area (Å²) in [5, 5.41) is 6.62. The third-order valence-electron chi connectivity index (χ3n) is 3.81. The van der Waals surface area contributed by atoms with E-state index in [1.165, 1.54) is 12.1 Å². The monoisotopic (exact) mass is 525 g/mol. The average molecular weight is 526 g/mol. The molecule has 0 atom stereocenters. The van der Waals surface area contributed by atoms with Crippen LogP contribution in [0.5, 0.6) is 17.2 Å². The first kappa shape index (κ1) is 22.3. The first-order valence-corrected chi connectivity index (χ1v) is 8.49. The number of hydrogen-bond acceptors (Lipinski definition) is 4. The van der Waals surface area contributed by atoms with Gasteiger partial charge in [-0.05, 0) is 35.9 Å². The molecule has 2 aromatic carbocycles. The first-order chi connectivity index (χ1) is 13.0. The van der Waals surface area contributed by atoms with Gasteiger partial charge in [-0.3, -0.25) is 4.99 Å². The zero-order valence-corrected chi connectivity index (χ0v) is 18.0. The second-order valence-corrected chi connectivity index (χ2v) is 6.03. The van der Waals surface area contributed by atoms with Gasteiger partial charge in [0.25, 0.3) is 0 Å². The largest absolute Gasteiger partial charge is 0.454 e. The molecule has 0 spiro atoms. The van der Waals surface area contributed by atoms with Crippen LogP contribution in [0.15, 0.2) is 41.4 Å². The number of rotatable bonds is 6. The lowest BCUT2D eigenvalue weighted by molar-refractivity contribution is -0.0504. The lowest BCUT2D eigenvalue weighted by atomic mass is 10.2. The number of ether oxygens (including phenoxy) is 3. The molecule has 1 heterocycles. The number of halogens is 4. The van der Waals surface area contributed by atoms with Gasteiger partial charge in [0.05, 0.1) is 0 Å². The molecular weight excluding hydrogens is 507 g/mol. The standard InChI is InChI=1S/C18H18ClF2N3O3.HI/c1-22-18(23-8-11-2-4-15-16(6-11)26-10-25-15)24-9-12-7-13(19)3-5-14(12)27-17(20)21;/h2-7,17H,8-10H2,1H3,(H2,22,23,24);1H. The van der Waals surface area contributed by atoms with Crippen molar-refractivity contribution in [1.82, 2.24) is 10.6 Å². The van der Waals surface area contributed by atoms with E-state index < -0.39 is 6.61 Å². The van der Waals surface area contributed by atoms with Gasteiger partial charge in [0, 0.05) is 30.7 Å². The van der Waals surface area contributed by atoms with Gasteiger partial charge in [-0.15, -0.1) is 24.0 Å². The van der Waals surface area contributed by atoms with Crippen molar-refractivity contribution in [3.8, 4) is 17.2 Å². The Bertz CT molecular complexity index is 840. The lowest BCUT2D eigenvalue weighted by Crippen LogP contribution is -2.36. The Morgan fingerprint density at radius 1 is 1.14 bits per heavy atom. The quantitative estimate of drug-likeness (QED) is 0.337. The van der Waals surface area contributed by atoms with Gasteiger partial charge in [0.2, 0.25) is 6.79 Å². The van der Waals surface area contributed by atoms with Crippen LogP contribution in [0.3, 0.4) is 0 Å². The van der Waals surface area contributed by atoms with Crippen LogP contribution < -0.4 is 24.8 Å². The molecule has 10 heteroatoms. The minimum absolute atomic E-state index is 0. The van der Waals surface area contributed by atoms with Crippen LogP contribution in [0.1, 0.15) is 11.1 Å². The Kier molecular flexibility index (Phi) is 8.36. The van der Waals surface area contributed by atoms with E-state index in [2.05, 4.69) is 20.4 Å². The topological polar surface area (TPSA) is 64.1 Å². The highest BCUT2D eigenvalue weighted by Gasteiger charge is 2.14. The Morgan fingerprint density at radius 2 is 1.89 bits per heavy atom. The lowest BCUT2D eigenvalue weighted by Gasteiger charge is -2.15. The minimum Gasteiger partial charge on any atom is -0.454 e. The summed E-state index contributed by atoms with van der Waals surface area (Å²) >= 11 is 5.95. The Morgan fingerprint density at radius 3 is 2.64 bits per heavy atom. The van der Waals surface area contributed by atoms with E-state index in [-0.39, 0.29) is 43.1 Å². The van der Waals surface area contributed by atoms with Crippen molar-refractivity contribution in [1.29, 1.82) is 0 Å². The molecule has 0 radical (unpaired) electrons. The van der Waals surface area contributed by atoms with E-state index in [4.69, 9.17) is 21.1 Å². The zero-order valence-electron chi connectivity index (χ0n) is 14.9. The fourth-order valence-electron chi connectivity index (χ4n) is 2.53. The number of benzene rings is 2. The van der Waals surface area contributed by atoms with E-state index in [1.54, 1.807) is 13.1 Å². The van der Waals surface area contributed by atoms with Crippen molar-refractivity contribution >= 4 is 41.5 Å². The van der Waals surface area contributed by atoms with E-state index in [0.717, 1.165) is 5.56 Å². The summed E-state index contributed by atoms with van der Waals surface area (Å²) in [5.41, 5.74) is 1.47. The van der Waals surface area contributed by atoms with Crippen LogP contribution in [0.4, 0.5) is 8.78 Å². The molecule has 0 aliphatic carbocycles. The van der Waals surface area contributed by atoms with Crippen LogP contribution in [0.25, 0.3) is 0 Å². The van der Waals surface area contributed by atoms with Gasteiger partial charge in [-0.1, -0.05) is 17.7 Å².